The normalized spacial score (nSPS) is 16.0. The Kier molecular flexibility index (Phi) is 2.07. The van der Waals surface area contributed by atoms with Gasteiger partial charge in [-0.1, -0.05) is 6.07 Å². The van der Waals surface area contributed by atoms with Crippen LogP contribution in [0.3, 0.4) is 0 Å². The van der Waals surface area contributed by atoms with Crippen molar-refractivity contribution in [1.82, 2.24) is 9.55 Å². The van der Waals surface area contributed by atoms with E-state index >= 15 is 0 Å². The number of fused-ring (bicyclic) bond motifs is 1. The van der Waals surface area contributed by atoms with Crippen molar-refractivity contribution < 1.29 is 5.11 Å². The number of aromatic hydroxyl groups is 1. The quantitative estimate of drug-likeness (QED) is 0.773. The summed E-state index contributed by atoms with van der Waals surface area (Å²) in [7, 11) is 0. The highest BCUT2D eigenvalue weighted by Gasteiger charge is 2.24. The van der Waals surface area contributed by atoms with Crippen LogP contribution in [0.1, 0.15) is 25.3 Å². The van der Waals surface area contributed by atoms with E-state index < -0.39 is 11.2 Å². The molecule has 0 amide bonds. The van der Waals surface area contributed by atoms with E-state index in [1.165, 1.54) is 10.6 Å². The number of phenolic OH excluding ortho intramolecular Hbond substituents is 1. The Morgan fingerprint density at radius 3 is 2.71 bits per heavy atom. The average molecular weight is 232 g/mol. The molecule has 1 aromatic heterocycles. The summed E-state index contributed by atoms with van der Waals surface area (Å²) in [5, 5.41) is 9.90. The molecule has 0 radical (unpaired) electrons. The number of H-pyrrole nitrogens is 1. The van der Waals surface area contributed by atoms with E-state index in [4.69, 9.17) is 0 Å². The predicted molar refractivity (Wildman–Crippen MR) is 63.4 cm³/mol. The van der Waals surface area contributed by atoms with E-state index in [1.54, 1.807) is 12.1 Å². The molecule has 1 heterocycles. The Bertz CT molecular complexity index is 695. The zero-order chi connectivity index (χ0) is 12.0. The number of aromatic nitrogens is 2. The van der Waals surface area contributed by atoms with E-state index in [0.29, 0.717) is 5.52 Å². The summed E-state index contributed by atoms with van der Waals surface area (Å²) in [5.41, 5.74) is -0.403. The van der Waals surface area contributed by atoms with Gasteiger partial charge in [-0.25, -0.2) is 4.79 Å². The molecule has 2 aromatic rings. The van der Waals surface area contributed by atoms with Crippen molar-refractivity contribution in [2.75, 3.05) is 0 Å². The van der Waals surface area contributed by atoms with Crippen LogP contribution in [0.5, 0.6) is 5.75 Å². The fourth-order valence-electron chi connectivity index (χ4n) is 2.23. The lowest BCUT2D eigenvalue weighted by Gasteiger charge is -2.26. The molecule has 1 aliphatic carbocycles. The molecule has 5 heteroatoms. The Morgan fingerprint density at radius 2 is 2.06 bits per heavy atom. The Morgan fingerprint density at radius 1 is 1.29 bits per heavy atom. The maximum atomic E-state index is 12.2. The highest BCUT2D eigenvalue weighted by atomic mass is 16.3. The lowest BCUT2D eigenvalue weighted by atomic mass is 9.93. The third-order valence-electron chi connectivity index (χ3n) is 3.38. The van der Waals surface area contributed by atoms with Gasteiger partial charge >= 0.3 is 5.69 Å². The minimum atomic E-state index is -0.397. The predicted octanol–water partition coefficient (Wildman–Crippen LogP) is 1.12. The van der Waals surface area contributed by atoms with Crippen LogP contribution in [0.4, 0.5) is 0 Å². The molecular formula is C12H12N2O3. The van der Waals surface area contributed by atoms with Gasteiger partial charge in [-0.15, -0.1) is 0 Å². The topological polar surface area (TPSA) is 75.1 Å². The van der Waals surface area contributed by atoms with Gasteiger partial charge in [0.2, 0.25) is 0 Å². The molecule has 0 unspecified atom stereocenters. The lowest BCUT2D eigenvalue weighted by molar-refractivity contribution is 0.298. The molecule has 0 aliphatic heterocycles. The van der Waals surface area contributed by atoms with E-state index in [-0.39, 0.29) is 17.2 Å². The van der Waals surface area contributed by atoms with Crippen LogP contribution in [0.2, 0.25) is 0 Å². The van der Waals surface area contributed by atoms with Crippen LogP contribution in [0.25, 0.3) is 10.9 Å². The Hall–Kier alpha value is -2.04. The number of rotatable bonds is 1. The van der Waals surface area contributed by atoms with Crippen molar-refractivity contribution in [2.24, 2.45) is 0 Å². The number of hydrogen-bond acceptors (Lipinski definition) is 3. The molecule has 3 rings (SSSR count). The van der Waals surface area contributed by atoms with Gasteiger partial charge in [0.1, 0.15) is 11.1 Å². The number of aromatic amines is 1. The first-order chi connectivity index (χ1) is 8.18. The van der Waals surface area contributed by atoms with Gasteiger partial charge in [0.05, 0.1) is 5.52 Å². The molecule has 1 saturated carbocycles. The first-order valence-electron chi connectivity index (χ1n) is 5.65. The summed E-state index contributed by atoms with van der Waals surface area (Å²) >= 11 is 0. The van der Waals surface area contributed by atoms with Crippen LogP contribution < -0.4 is 11.2 Å². The maximum absolute atomic E-state index is 12.2. The Balaban J connectivity index is 2.41. The van der Waals surface area contributed by atoms with Crippen molar-refractivity contribution in [3.05, 3.63) is 39.0 Å². The fraction of sp³-hybridized carbons (Fsp3) is 0.333. The van der Waals surface area contributed by atoms with Gasteiger partial charge in [0.25, 0.3) is 5.56 Å². The lowest BCUT2D eigenvalue weighted by Crippen LogP contribution is -2.40. The summed E-state index contributed by atoms with van der Waals surface area (Å²) in [6, 6.07) is 4.65. The third kappa shape index (κ3) is 1.39. The summed E-state index contributed by atoms with van der Waals surface area (Å²) < 4.78 is 1.23. The van der Waals surface area contributed by atoms with Crippen molar-refractivity contribution in [3.63, 3.8) is 0 Å². The van der Waals surface area contributed by atoms with Crippen molar-refractivity contribution in [3.8, 4) is 5.75 Å². The van der Waals surface area contributed by atoms with Crippen LogP contribution in [-0.4, -0.2) is 14.7 Å². The molecule has 1 fully saturated rings. The smallest absolute Gasteiger partial charge is 0.329 e. The SMILES string of the molecule is O=c1[nH]c2cccc(O)c2c(=O)n1C1CCC1. The highest BCUT2D eigenvalue weighted by Crippen LogP contribution is 2.29. The molecule has 0 saturated heterocycles. The minimum absolute atomic E-state index is 0.0183. The van der Waals surface area contributed by atoms with Gasteiger partial charge < -0.3 is 10.1 Å². The molecule has 1 aromatic carbocycles. The highest BCUT2D eigenvalue weighted by molar-refractivity contribution is 5.83. The Labute approximate surface area is 96.3 Å². The first-order valence-corrected chi connectivity index (χ1v) is 5.65. The van der Waals surface area contributed by atoms with Gasteiger partial charge in [-0.05, 0) is 31.4 Å². The third-order valence-corrected chi connectivity index (χ3v) is 3.38. The monoisotopic (exact) mass is 232 g/mol. The summed E-state index contributed by atoms with van der Waals surface area (Å²) in [6.45, 7) is 0. The van der Waals surface area contributed by atoms with Crippen molar-refractivity contribution in [1.29, 1.82) is 0 Å². The number of phenols is 1. The van der Waals surface area contributed by atoms with Crippen LogP contribution >= 0.6 is 0 Å². The van der Waals surface area contributed by atoms with Crippen molar-refractivity contribution in [2.45, 2.75) is 25.3 Å². The average Bonchev–Trinajstić information content (AvgIpc) is 2.21. The molecule has 0 spiro atoms. The van der Waals surface area contributed by atoms with Gasteiger partial charge in [0, 0.05) is 6.04 Å². The van der Waals surface area contributed by atoms with E-state index in [1.807, 2.05) is 0 Å². The summed E-state index contributed by atoms with van der Waals surface area (Å²) in [5.74, 6) is -0.0863. The maximum Gasteiger partial charge on any atom is 0.329 e. The molecule has 17 heavy (non-hydrogen) atoms. The first kappa shape index (κ1) is 10.1. The summed E-state index contributed by atoms with van der Waals surface area (Å²) in [6.07, 6.45) is 2.74. The molecule has 0 bridgehead atoms. The molecule has 88 valence electrons. The molecule has 1 aliphatic rings. The number of hydrogen-bond donors (Lipinski definition) is 2. The van der Waals surface area contributed by atoms with Crippen LogP contribution in [-0.2, 0) is 0 Å². The second-order valence-corrected chi connectivity index (χ2v) is 4.39. The van der Waals surface area contributed by atoms with E-state index in [0.717, 1.165) is 19.3 Å². The zero-order valence-electron chi connectivity index (χ0n) is 9.14. The van der Waals surface area contributed by atoms with Crippen LogP contribution in [0, 0.1) is 0 Å². The summed E-state index contributed by atoms with van der Waals surface area (Å²) in [4.78, 5) is 26.6. The van der Waals surface area contributed by atoms with Crippen molar-refractivity contribution >= 4 is 10.9 Å². The minimum Gasteiger partial charge on any atom is -0.507 e. The molecule has 5 nitrogen and oxygen atoms in total. The standard InChI is InChI=1S/C12H12N2O3/c15-9-6-2-5-8-10(9)11(16)14(12(17)13-8)7-3-1-4-7/h2,5-7,15H,1,3-4H2,(H,13,17). The van der Waals surface area contributed by atoms with Gasteiger partial charge in [0.15, 0.2) is 0 Å². The van der Waals surface area contributed by atoms with Gasteiger partial charge in [-0.2, -0.15) is 0 Å². The van der Waals surface area contributed by atoms with E-state index in [2.05, 4.69) is 4.98 Å². The second kappa shape index (κ2) is 3.48. The van der Waals surface area contributed by atoms with Gasteiger partial charge in [-0.3, -0.25) is 9.36 Å². The molecule has 0 atom stereocenters. The largest absolute Gasteiger partial charge is 0.507 e. The molecule has 2 N–H and O–H groups in total. The zero-order valence-corrected chi connectivity index (χ0v) is 9.14. The number of benzene rings is 1. The fourth-order valence-corrected chi connectivity index (χ4v) is 2.23. The van der Waals surface area contributed by atoms with Crippen LogP contribution in [0.15, 0.2) is 27.8 Å². The number of nitrogens with zero attached hydrogens (tertiary/aromatic N) is 1. The number of nitrogens with one attached hydrogen (secondary N) is 1. The van der Waals surface area contributed by atoms with E-state index in [9.17, 15) is 14.7 Å². The molecular weight excluding hydrogens is 220 g/mol. The second-order valence-electron chi connectivity index (χ2n) is 4.39.